The van der Waals surface area contributed by atoms with Gasteiger partial charge in [-0.3, -0.25) is 0 Å². The summed E-state index contributed by atoms with van der Waals surface area (Å²) in [4.78, 5) is 0. The number of aliphatic hydroxyl groups is 1. The first-order valence-corrected chi connectivity index (χ1v) is 7.37. The van der Waals surface area contributed by atoms with Crippen LogP contribution in [0.4, 0.5) is 0 Å². The molecule has 2 aromatic rings. The Hall–Kier alpha value is -1.55. The number of nitrogens with two attached hydrogens (primary N) is 1. The van der Waals surface area contributed by atoms with Crippen molar-refractivity contribution in [1.29, 1.82) is 0 Å². The average molecular weight is 306 g/mol. The molecule has 1 unspecified atom stereocenters. The normalized spacial score (nSPS) is 12.1. The van der Waals surface area contributed by atoms with E-state index in [4.69, 9.17) is 22.1 Å². The van der Waals surface area contributed by atoms with Crippen LogP contribution >= 0.6 is 11.6 Å². The van der Waals surface area contributed by atoms with Gasteiger partial charge in [0.15, 0.2) is 0 Å². The molecule has 0 aromatic heterocycles. The molecule has 2 aromatic carbocycles. The van der Waals surface area contributed by atoms with Gasteiger partial charge in [0.25, 0.3) is 0 Å². The summed E-state index contributed by atoms with van der Waals surface area (Å²) in [6, 6.07) is 15.4. The minimum absolute atomic E-state index is 0.0407. The monoisotopic (exact) mass is 305 g/mol. The van der Waals surface area contributed by atoms with E-state index in [9.17, 15) is 5.11 Å². The molecular formula is C17H20ClNO2. The molecule has 3 N–H and O–H groups in total. The predicted molar refractivity (Wildman–Crippen MR) is 85.6 cm³/mol. The van der Waals surface area contributed by atoms with Crippen LogP contribution in [0.2, 0.25) is 5.02 Å². The van der Waals surface area contributed by atoms with Crippen molar-refractivity contribution in [3.63, 3.8) is 0 Å². The highest BCUT2D eigenvalue weighted by Crippen LogP contribution is 2.24. The summed E-state index contributed by atoms with van der Waals surface area (Å²) < 4.78 is 5.78. The van der Waals surface area contributed by atoms with Gasteiger partial charge >= 0.3 is 0 Å². The van der Waals surface area contributed by atoms with Crippen molar-refractivity contribution >= 4 is 11.6 Å². The molecule has 0 amide bonds. The fraction of sp³-hybridized carbons (Fsp3) is 0.294. The predicted octanol–water partition coefficient (Wildman–Crippen LogP) is 3.03. The molecule has 4 heteroatoms. The lowest BCUT2D eigenvalue weighted by Crippen LogP contribution is -2.21. The molecule has 0 aliphatic rings. The van der Waals surface area contributed by atoms with Crippen LogP contribution in [0.15, 0.2) is 48.5 Å². The Bertz CT molecular complexity index is 556. The second kappa shape index (κ2) is 8.03. The number of halogens is 1. The molecule has 0 radical (unpaired) electrons. The molecule has 0 bridgehead atoms. The van der Waals surface area contributed by atoms with Crippen molar-refractivity contribution in [2.24, 2.45) is 11.7 Å². The van der Waals surface area contributed by atoms with Crippen molar-refractivity contribution in [2.45, 2.75) is 13.0 Å². The Balaban J connectivity index is 2.13. The summed E-state index contributed by atoms with van der Waals surface area (Å²) in [7, 11) is 0. The minimum atomic E-state index is 0.0407. The Morgan fingerprint density at radius 2 is 1.86 bits per heavy atom. The van der Waals surface area contributed by atoms with Gasteiger partial charge in [0, 0.05) is 17.2 Å². The first-order chi connectivity index (χ1) is 10.2. The van der Waals surface area contributed by atoms with E-state index >= 15 is 0 Å². The summed E-state index contributed by atoms with van der Waals surface area (Å²) in [6.45, 7) is 0.922. The molecule has 21 heavy (non-hydrogen) atoms. The summed E-state index contributed by atoms with van der Waals surface area (Å²) in [5.74, 6) is 0.847. The third-order valence-corrected chi connectivity index (χ3v) is 3.80. The van der Waals surface area contributed by atoms with E-state index in [-0.39, 0.29) is 12.5 Å². The maximum atomic E-state index is 9.31. The number of benzene rings is 2. The number of ether oxygens (including phenoxy) is 1. The molecule has 0 saturated heterocycles. The zero-order chi connectivity index (χ0) is 15.1. The van der Waals surface area contributed by atoms with E-state index in [2.05, 4.69) is 0 Å². The van der Waals surface area contributed by atoms with E-state index in [1.165, 1.54) is 0 Å². The van der Waals surface area contributed by atoms with Crippen LogP contribution in [-0.2, 0) is 13.0 Å². The Labute approximate surface area is 130 Å². The second-order valence-electron chi connectivity index (χ2n) is 4.97. The lowest BCUT2D eigenvalue weighted by Gasteiger charge is -2.16. The Kier molecular flexibility index (Phi) is 6.05. The SMILES string of the molecule is NCC(CO)Cc1cccc(Cl)c1COc1ccccc1. The minimum Gasteiger partial charge on any atom is -0.489 e. The average Bonchev–Trinajstić information content (AvgIpc) is 2.52. The molecule has 0 saturated carbocycles. The molecule has 0 aliphatic carbocycles. The van der Waals surface area contributed by atoms with Crippen LogP contribution in [-0.4, -0.2) is 18.3 Å². The van der Waals surface area contributed by atoms with E-state index in [0.717, 1.165) is 16.9 Å². The maximum absolute atomic E-state index is 9.31. The van der Waals surface area contributed by atoms with Crippen molar-refractivity contribution in [1.82, 2.24) is 0 Å². The number of rotatable bonds is 7. The van der Waals surface area contributed by atoms with Gasteiger partial charge in [0.1, 0.15) is 12.4 Å². The Morgan fingerprint density at radius 3 is 2.52 bits per heavy atom. The standard InChI is InChI=1S/C17H20ClNO2/c18-17-8-4-5-14(9-13(10-19)11-20)16(17)12-21-15-6-2-1-3-7-15/h1-8,13,20H,9-12,19H2. The van der Waals surface area contributed by atoms with Gasteiger partial charge < -0.3 is 15.6 Å². The summed E-state index contributed by atoms with van der Waals surface area (Å²) >= 11 is 6.29. The van der Waals surface area contributed by atoms with Crippen LogP contribution in [0.5, 0.6) is 5.75 Å². The number of hydrogen-bond acceptors (Lipinski definition) is 3. The van der Waals surface area contributed by atoms with Crippen LogP contribution in [0.1, 0.15) is 11.1 Å². The van der Waals surface area contributed by atoms with E-state index < -0.39 is 0 Å². The smallest absolute Gasteiger partial charge is 0.119 e. The van der Waals surface area contributed by atoms with Gasteiger partial charge in [-0.15, -0.1) is 0 Å². The zero-order valence-electron chi connectivity index (χ0n) is 11.8. The van der Waals surface area contributed by atoms with Crippen LogP contribution in [0.3, 0.4) is 0 Å². The van der Waals surface area contributed by atoms with Gasteiger partial charge in [0.05, 0.1) is 0 Å². The zero-order valence-corrected chi connectivity index (χ0v) is 12.6. The molecule has 0 spiro atoms. The van der Waals surface area contributed by atoms with Crippen molar-refractivity contribution < 1.29 is 9.84 Å². The molecular weight excluding hydrogens is 286 g/mol. The quantitative estimate of drug-likeness (QED) is 0.826. The molecule has 1 atom stereocenters. The molecule has 0 fully saturated rings. The van der Waals surface area contributed by atoms with Gasteiger partial charge in [0.2, 0.25) is 0 Å². The van der Waals surface area contributed by atoms with Gasteiger partial charge in [-0.25, -0.2) is 0 Å². The van der Waals surface area contributed by atoms with Crippen LogP contribution < -0.4 is 10.5 Å². The van der Waals surface area contributed by atoms with E-state index in [0.29, 0.717) is 24.6 Å². The molecule has 0 heterocycles. The lowest BCUT2D eigenvalue weighted by molar-refractivity contribution is 0.229. The van der Waals surface area contributed by atoms with Gasteiger partial charge in [-0.05, 0) is 42.6 Å². The van der Waals surface area contributed by atoms with Crippen molar-refractivity contribution in [2.75, 3.05) is 13.2 Å². The summed E-state index contributed by atoms with van der Waals surface area (Å²) in [6.07, 6.45) is 0.695. The van der Waals surface area contributed by atoms with Crippen molar-refractivity contribution in [3.05, 3.63) is 64.7 Å². The maximum Gasteiger partial charge on any atom is 0.119 e. The summed E-state index contributed by atoms with van der Waals surface area (Å²) in [5.41, 5.74) is 7.69. The molecule has 0 aliphatic heterocycles. The fourth-order valence-corrected chi connectivity index (χ4v) is 2.41. The fourth-order valence-electron chi connectivity index (χ4n) is 2.16. The lowest BCUT2D eigenvalue weighted by atomic mass is 9.96. The van der Waals surface area contributed by atoms with E-state index in [1.807, 2.05) is 48.5 Å². The highest BCUT2D eigenvalue weighted by Gasteiger charge is 2.13. The summed E-state index contributed by atoms with van der Waals surface area (Å²) in [5, 5.41) is 9.99. The first kappa shape index (κ1) is 15.8. The van der Waals surface area contributed by atoms with Gasteiger partial charge in [-0.1, -0.05) is 41.9 Å². The highest BCUT2D eigenvalue weighted by atomic mass is 35.5. The third kappa shape index (κ3) is 4.46. The Morgan fingerprint density at radius 1 is 1.10 bits per heavy atom. The molecule has 2 rings (SSSR count). The highest BCUT2D eigenvalue weighted by molar-refractivity contribution is 6.31. The van der Waals surface area contributed by atoms with Crippen LogP contribution in [0.25, 0.3) is 0 Å². The largest absolute Gasteiger partial charge is 0.489 e. The van der Waals surface area contributed by atoms with Gasteiger partial charge in [-0.2, -0.15) is 0 Å². The number of aliphatic hydroxyl groups excluding tert-OH is 1. The number of hydrogen-bond donors (Lipinski definition) is 2. The topological polar surface area (TPSA) is 55.5 Å². The number of para-hydroxylation sites is 1. The first-order valence-electron chi connectivity index (χ1n) is 6.99. The molecule has 3 nitrogen and oxygen atoms in total. The van der Waals surface area contributed by atoms with E-state index in [1.54, 1.807) is 0 Å². The van der Waals surface area contributed by atoms with Crippen molar-refractivity contribution in [3.8, 4) is 5.75 Å². The molecule has 112 valence electrons. The van der Waals surface area contributed by atoms with Crippen LogP contribution in [0, 0.1) is 5.92 Å². The third-order valence-electron chi connectivity index (χ3n) is 3.44. The second-order valence-corrected chi connectivity index (χ2v) is 5.37.